The van der Waals surface area contributed by atoms with Gasteiger partial charge in [-0.2, -0.15) is 0 Å². The van der Waals surface area contributed by atoms with Crippen molar-refractivity contribution in [2.75, 3.05) is 36.6 Å². The number of anilines is 2. The third kappa shape index (κ3) is 5.96. The maximum atomic E-state index is 13.7. The van der Waals surface area contributed by atoms with E-state index in [2.05, 4.69) is 4.98 Å². The van der Waals surface area contributed by atoms with E-state index < -0.39 is 11.2 Å². The van der Waals surface area contributed by atoms with Crippen LogP contribution in [0.25, 0.3) is 16.7 Å². The maximum absolute atomic E-state index is 13.7. The fourth-order valence-electron chi connectivity index (χ4n) is 4.55. The highest BCUT2D eigenvalue weighted by Gasteiger charge is 2.25. The lowest BCUT2D eigenvalue weighted by Crippen LogP contribution is -2.43. The van der Waals surface area contributed by atoms with Gasteiger partial charge in [0.1, 0.15) is 5.82 Å². The quantitative estimate of drug-likeness (QED) is 0.246. The number of rotatable bonds is 10. The fraction of sp³-hybridized carbons (Fsp3) is 0.200. The Morgan fingerprint density at radius 1 is 1.02 bits per heavy atom. The van der Waals surface area contributed by atoms with Crippen molar-refractivity contribution >= 4 is 40.2 Å². The van der Waals surface area contributed by atoms with Crippen molar-refractivity contribution in [2.45, 2.75) is 18.6 Å². The molecule has 5 rings (SSSR count). The second-order valence-corrected chi connectivity index (χ2v) is 10.4. The molecule has 41 heavy (non-hydrogen) atoms. The van der Waals surface area contributed by atoms with Gasteiger partial charge >= 0.3 is 5.69 Å². The molecule has 0 aliphatic heterocycles. The van der Waals surface area contributed by atoms with Gasteiger partial charge in [0.25, 0.3) is 5.56 Å². The summed E-state index contributed by atoms with van der Waals surface area (Å²) in [6.45, 7) is 2.39. The predicted molar refractivity (Wildman–Crippen MR) is 162 cm³/mol. The monoisotopic (exact) mass is 570 g/mol. The summed E-state index contributed by atoms with van der Waals surface area (Å²) < 4.78 is 8.48. The molecule has 0 atom stereocenters. The number of amides is 1. The van der Waals surface area contributed by atoms with Gasteiger partial charge in [-0.1, -0.05) is 71.9 Å². The molecular formula is C30H30N6O4S. The Kier molecular flexibility index (Phi) is 8.37. The highest BCUT2D eigenvalue weighted by Crippen LogP contribution is 2.29. The minimum atomic E-state index is -0.738. The number of H-pyrrole nitrogens is 1. The summed E-state index contributed by atoms with van der Waals surface area (Å²) >= 11 is 1.26. The number of nitrogens with one attached hydrogen (secondary N) is 1. The number of aryl methyl sites for hydroxylation is 1. The van der Waals surface area contributed by atoms with Crippen LogP contribution in [0.1, 0.15) is 11.1 Å². The Bertz CT molecular complexity index is 1790. The Morgan fingerprint density at radius 3 is 2.46 bits per heavy atom. The summed E-state index contributed by atoms with van der Waals surface area (Å²) in [6, 6.07) is 25.1. The third-order valence-corrected chi connectivity index (χ3v) is 7.56. The molecule has 210 valence electrons. The molecule has 2 heterocycles. The van der Waals surface area contributed by atoms with Crippen molar-refractivity contribution in [2.24, 2.45) is 0 Å². The van der Waals surface area contributed by atoms with Crippen LogP contribution in [0.3, 0.4) is 0 Å². The standard InChI is InChI=1S/C30H30N6O4S/c1-20-12-14-22(15-13-20)36-24-11-7-6-10-23(24)32-30(36)41-19-25(37)34(16-17-40-2)26-27(31)35(29(39)33-28(26)38)18-21-8-4-3-5-9-21/h3-15H,16-19,31H2,1-2H3,(H,33,38,39). The number of carbonyl (C=O) groups excluding carboxylic acids is 1. The number of aromatic amines is 1. The van der Waals surface area contributed by atoms with Gasteiger partial charge in [-0.3, -0.25) is 23.7 Å². The number of thioether (sulfide) groups is 1. The number of methoxy groups -OCH3 is 1. The Balaban J connectivity index is 1.48. The molecule has 0 fully saturated rings. The zero-order chi connectivity index (χ0) is 28.9. The van der Waals surface area contributed by atoms with Gasteiger partial charge in [-0.25, -0.2) is 9.78 Å². The second kappa shape index (κ2) is 12.3. The van der Waals surface area contributed by atoms with Crippen molar-refractivity contribution < 1.29 is 9.53 Å². The van der Waals surface area contributed by atoms with E-state index in [4.69, 9.17) is 15.5 Å². The Morgan fingerprint density at radius 2 is 1.73 bits per heavy atom. The van der Waals surface area contributed by atoms with Crippen LogP contribution in [0.4, 0.5) is 11.5 Å². The summed E-state index contributed by atoms with van der Waals surface area (Å²) in [5.41, 5.74) is 9.50. The number of carbonyl (C=O) groups is 1. The van der Waals surface area contributed by atoms with E-state index in [1.807, 2.05) is 90.4 Å². The molecule has 0 radical (unpaired) electrons. The first-order valence-electron chi connectivity index (χ1n) is 13.0. The van der Waals surface area contributed by atoms with Gasteiger partial charge in [0, 0.05) is 19.3 Å². The minimum absolute atomic E-state index is 0.0322. The van der Waals surface area contributed by atoms with Crippen molar-refractivity contribution in [3.63, 3.8) is 0 Å². The minimum Gasteiger partial charge on any atom is -0.383 e. The van der Waals surface area contributed by atoms with Crippen molar-refractivity contribution in [3.8, 4) is 5.69 Å². The number of hydrogen-bond donors (Lipinski definition) is 2. The van der Waals surface area contributed by atoms with E-state index in [9.17, 15) is 14.4 Å². The summed E-state index contributed by atoms with van der Waals surface area (Å²) in [6.07, 6.45) is 0. The molecular weight excluding hydrogens is 540 g/mol. The van der Waals surface area contributed by atoms with Crippen LogP contribution in [0.5, 0.6) is 0 Å². The van der Waals surface area contributed by atoms with E-state index in [0.29, 0.717) is 5.16 Å². The lowest BCUT2D eigenvalue weighted by atomic mass is 10.2. The Labute approximate surface area is 240 Å². The summed E-state index contributed by atoms with van der Waals surface area (Å²) in [5, 5.41) is 0.631. The maximum Gasteiger partial charge on any atom is 0.330 e. The number of ether oxygens (including phenoxy) is 1. The lowest BCUT2D eigenvalue weighted by molar-refractivity contribution is -0.116. The molecule has 5 aromatic rings. The number of nitrogens with zero attached hydrogens (tertiary/aromatic N) is 4. The van der Waals surface area contributed by atoms with Crippen LogP contribution < -0.4 is 21.9 Å². The molecule has 0 unspecified atom stereocenters. The van der Waals surface area contributed by atoms with Crippen LogP contribution >= 0.6 is 11.8 Å². The summed E-state index contributed by atoms with van der Waals surface area (Å²) in [5.74, 6) is -0.504. The molecule has 0 aliphatic carbocycles. The molecule has 0 aliphatic rings. The molecule has 0 saturated heterocycles. The van der Waals surface area contributed by atoms with Crippen LogP contribution in [0, 0.1) is 6.92 Å². The Hall–Kier alpha value is -4.61. The number of nitrogens with two attached hydrogens (primary N) is 1. The average molecular weight is 571 g/mol. The van der Waals surface area contributed by atoms with Gasteiger partial charge in [-0.15, -0.1) is 0 Å². The van der Waals surface area contributed by atoms with Gasteiger partial charge in [0.2, 0.25) is 5.91 Å². The summed E-state index contributed by atoms with van der Waals surface area (Å²) in [4.78, 5) is 47.8. The first-order valence-corrected chi connectivity index (χ1v) is 14.0. The first kappa shape index (κ1) is 27.9. The molecule has 0 spiro atoms. The van der Waals surface area contributed by atoms with E-state index in [1.165, 1.54) is 28.3 Å². The van der Waals surface area contributed by atoms with Gasteiger partial charge in [0.15, 0.2) is 10.8 Å². The van der Waals surface area contributed by atoms with E-state index in [1.54, 1.807) is 0 Å². The normalized spacial score (nSPS) is 11.2. The van der Waals surface area contributed by atoms with Crippen LogP contribution in [-0.4, -0.2) is 51.0 Å². The van der Waals surface area contributed by atoms with Gasteiger partial charge in [0.05, 0.1) is 29.9 Å². The molecule has 10 nitrogen and oxygen atoms in total. The van der Waals surface area contributed by atoms with Crippen LogP contribution in [-0.2, 0) is 16.1 Å². The second-order valence-electron chi connectivity index (χ2n) is 9.45. The smallest absolute Gasteiger partial charge is 0.330 e. The molecule has 11 heteroatoms. The SMILES string of the molecule is COCCN(C(=O)CSc1nc2ccccc2n1-c1ccc(C)cc1)c1c(N)n(Cc2ccccc2)c(=O)[nH]c1=O. The number of benzene rings is 3. The third-order valence-electron chi connectivity index (χ3n) is 6.63. The van der Waals surface area contributed by atoms with Crippen LogP contribution in [0.15, 0.2) is 93.6 Å². The van der Waals surface area contributed by atoms with E-state index in [0.717, 1.165) is 27.8 Å². The average Bonchev–Trinajstić information content (AvgIpc) is 3.35. The van der Waals surface area contributed by atoms with E-state index >= 15 is 0 Å². The largest absolute Gasteiger partial charge is 0.383 e. The molecule has 3 N–H and O–H groups in total. The van der Waals surface area contributed by atoms with Crippen molar-refractivity contribution in [1.82, 2.24) is 19.1 Å². The zero-order valence-corrected chi connectivity index (χ0v) is 23.6. The van der Waals surface area contributed by atoms with Gasteiger partial charge < -0.3 is 15.4 Å². The highest BCUT2D eigenvalue weighted by molar-refractivity contribution is 7.99. The number of nitrogen functional groups attached to an aromatic ring is 1. The van der Waals surface area contributed by atoms with Crippen LogP contribution in [0.2, 0.25) is 0 Å². The number of para-hydroxylation sites is 2. The number of imidazole rings is 1. The van der Waals surface area contributed by atoms with Crippen molar-refractivity contribution in [1.29, 1.82) is 0 Å². The molecule has 0 bridgehead atoms. The first-order chi connectivity index (χ1) is 19.9. The molecule has 0 saturated carbocycles. The number of fused-ring (bicyclic) bond motifs is 1. The van der Waals surface area contributed by atoms with E-state index in [-0.39, 0.29) is 42.9 Å². The lowest BCUT2D eigenvalue weighted by Gasteiger charge is -2.24. The predicted octanol–water partition coefficient (Wildman–Crippen LogP) is 3.59. The molecule has 2 aromatic heterocycles. The number of hydrogen-bond acceptors (Lipinski definition) is 7. The topological polar surface area (TPSA) is 128 Å². The zero-order valence-electron chi connectivity index (χ0n) is 22.7. The molecule has 3 aromatic carbocycles. The summed E-state index contributed by atoms with van der Waals surface area (Å²) in [7, 11) is 1.51. The highest BCUT2D eigenvalue weighted by atomic mass is 32.2. The van der Waals surface area contributed by atoms with Crippen molar-refractivity contribution in [3.05, 3.63) is 111 Å². The number of aromatic nitrogens is 4. The van der Waals surface area contributed by atoms with Gasteiger partial charge in [-0.05, 0) is 36.8 Å². The molecule has 1 amide bonds. The fourth-order valence-corrected chi connectivity index (χ4v) is 5.46.